The minimum atomic E-state index is 0.311. The van der Waals surface area contributed by atoms with Crippen LogP contribution in [-0.2, 0) is 6.42 Å². The summed E-state index contributed by atoms with van der Waals surface area (Å²) >= 11 is 12.2. The van der Waals surface area contributed by atoms with E-state index in [2.05, 4.69) is 6.92 Å². The van der Waals surface area contributed by atoms with Gasteiger partial charge in [-0.3, -0.25) is 0 Å². The molecule has 1 unspecified atom stereocenters. The second kappa shape index (κ2) is 7.16. The van der Waals surface area contributed by atoms with Crippen molar-refractivity contribution in [2.45, 2.75) is 45.1 Å². The number of nitrogens with two attached hydrogens (primary N) is 1. The maximum Gasteiger partial charge on any atom is 0.0452 e. The number of hydrogen-bond donors (Lipinski definition) is 1. The summed E-state index contributed by atoms with van der Waals surface area (Å²) < 4.78 is 0. The van der Waals surface area contributed by atoms with Gasteiger partial charge in [0, 0.05) is 16.1 Å². The van der Waals surface area contributed by atoms with Crippen molar-refractivity contribution in [1.82, 2.24) is 0 Å². The number of rotatable bonds is 6. The van der Waals surface area contributed by atoms with E-state index >= 15 is 0 Å². The predicted molar refractivity (Wildman–Crippen MR) is 72.3 cm³/mol. The number of benzene rings is 1. The molecule has 0 amide bonds. The summed E-state index contributed by atoms with van der Waals surface area (Å²) in [5.74, 6) is 0. The summed E-state index contributed by atoms with van der Waals surface area (Å²) in [4.78, 5) is 0. The maximum atomic E-state index is 6.09. The van der Waals surface area contributed by atoms with Gasteiger partial charge in [0.25, 0.3) is 0 Å². The molecule has 16 heavy (non-hydrogen) atoms. The average Bonchev–Trinajstić information content (AvgIpc) is 2.23. The normalized spacial score (nSPS) is 12.8. The van der Waals surface area contributed by atoms with Crippen LogP contribution >= 0.6 is 23.2 Å². The standard InChI is InChI=1S/C13H19Cl2N/c1-2-5-10(16)6-3-7-11-12(14)8-4-9-13(11)15/h4,8-10H,2-3,5-7,16H2,1H3. The van der Waals surface area contributed by atoms with Crippen LogP contribution in [0.3, 0.4) is 0 Å². The third-order valence-corrected chi connectivity index (χ3v) is 3.43. The van der Waals surface area contributed by atoms with Crippen molar-refractivity contribution >= 4 is 23.2 Å². The molecule has 0 aliphatic heterocycles. The molecule has 3 heteroatoms. The molecular formula is C13H19Cl2N. The first-order chi connectivity index (χ1) is 7.65. The lowest BCUT2D eigenvalue weighted by Gasteiger charge is -2.11. The molecule has 0 aliphatic carbocycles. The Labute approximate surface area is 108 Å². The van der Waals surface area contributed by atoms with Gasteiger partial charge in [-0.05, 0) is 43.4 Å². The Morgan fingerprint density at radius 3 is 2.38 bits per heavy atom. The van der Waals surface area contributed by atoms with Crippen LogP contribution in [0.15, 0.2) is 18.2 Å². The van der Waals surface area contributed by atoms with E-state index in [1.165, 1.54) is 0 Å². The first-order valence-corrected chi connectivity index (χ1v) is 6.59. The van der Waals surface area contributed by atoms with Crippen LogP contribution in [0.25, 0.3) is 0 Å². The van der Waals surface area contributed by atoms with Gasteiger partial charge in [-0.25, -0.2) is 0 Å². The molecule has 0 radical (unpaired) electrons. The minimum Gasteiger partial charge on any atom is -0.328 e. The molecule has 1 atom stereocenters. The van der Waals surface area contributed by atoms with Gasteiger partial charge in [-0.2, -0.15) is 0 Å². The van der Waals surface area contributed by atoms with Crippen molar-refractivity contribution < 1.29 is 0 Å². The highest BCUT2D eigenvalue weighted by Crippen LogP contribution is 2.26. The Hall–Kier alpha value is -0.240. The monoisotopic (exact) mass is 259 g/mol. The lowest BCUT2D eigenvalue weighted by atomic mass is 10.0. The lowest BCUT2D eigenvalue weighted by Crippen LogP contribution is -2.19. The fourth-order valence-corrected chi connectivity index (χ4v) is 2.41. The molecule has 0 saturated carbocycles. The molecule has 90 valence electrons. The largest absolute Gasteiger partial charge is 0.328 e. The first-order valence-electron chi connectivity index (χ1n) is 5.83. The van der Waals surface area contributed by atoms with Crippen molar-refractivity contribution in [3.8, 4) is 0 Å². The van der Waals surface area contributed by atoms with E-state index in [-0.39, 0.29) is 0 Å². The molecule has 1 aromatic carbocycles. The summed E-state index contributed by atoms with van der Waals surface area (Å²) in [7, 11) is 0. The molecule has 1 rings (SSSR count). The van der Waals surface area contributed by atoms with E-state index < -0.39 is 0 Å². The van der Waals surface area contributed by atoms with Gasteiger partial charge in [-0.1, -0.05) is 42.6 Å². The highest BCUT2D eigenvalue weighted by Gasteiger charge is 2.06. The second-order valence-corrected chi connectivity index (χ2v) is 4.96. The van der Waals surface area contributed by atoms with Crippen molar-refractivity contribution in [2.24, 2.45) is 5.73 Å². The zero-order chi connectivity index (χ0) is 12.0. The van der Waals surface area contributed by atoms with E-state index in [1.807, 2.05) is 18.2 Å². The summed E-state index contributed by atoms with van der Waals surface area (Å²) in [6, 6.07) is 5.95. The first kappa shape index (κ1) is 13.8. The molecular weight excluding hydrogens is 241 g/mol. The highest BCUT2D eigenvalue weighted by atomic mass is 35.5. The van der Waals surface area contributed by atoms with Gasteiger partial charge < -0.3 is 5.73 Å². The van der Waals surface area contributed by atoms with Crippen molar-refractivity contribution in [2.75, 3.05) is 0 Å². The van der Waals surface area contributed by atoms with Gasteiger partial charge in [0.2, 0.25) is 0 Å². The number of hydrogen-bond acceptors (Lipinski definition) is 1. The Kier molecular flexibility index (Phi) is 6.18. The average molecular weight is 260 g/mol. The summed E-state index contributed by atoms with van der Waals surface area (Å²) in [5, 5.41) is 1.52. The van der Waals surface area contributed by atoms with E-state index in [0.29, 0.717) is 6.04 Å². The highest BCUT2D eigenvalue weighted by molar-refractivity contribution is 6.35. The molecule has 1 aromatic rings. The minimum absolute atomic E-state index is 0.311. The third-order valence-electron chi connectivity index (χ3n) is 2.72. The van der Waals surface area contributed by atoms with Crippen LogP contribution in [0.2, 0.25) is 10.0 Å². The fourth-order valence-electron chi connectivity index (χ4n) is 1.83. The van der Waals surface area contributed by atoms with Gasteiger partial charge in [-0.15, -0.1) is 0 Å². The maximum absolute atomic E-state index is 6.09. The molecule has 0 saturated heterocycles. The second-order valence-electron chi connectivity index (χ2n) is 4.14. The van der Waals surface area contributed by atoms with Gasteiger partial charge in [0.1, 0.15) is 0 Å². The van der Waals surface area contributed by atoms with E-state index in [4.69, 9.17) is 28.9 Å². The SMILES string of the molecule is CCCC(N)CCCc1c(Cl)cccc1Cl. The van der Waals surface area contributed by atoms with Crippen LogP contribution in [0.4, 0.5) is 0 Å². The third kappa shape index (κ3) is 4.32. The van der Waals surface area contributed by atoms with E-state index in [9.17, 15) is 0 Å². The quantitative estimate of drug-likeness (QED) is 0.803. The van der Waals surface area contributed by atoms with Crippen LogP contribution in [0, 0.1) is 0 Å². The lowest BCUT2D eigenvalue weighted by molar-refractivity contribution is 0.539. The summed E-state index contributed by atoms with van der Waals surface area (Å²) in [6.45, 7) is 2.16. The molecule has 0 fully saturated rings. The zero-order valence-corrected chi connectivity index (χ0v) is 11.2. The predicted octanol–water partition coefficient (Wildman–Crippen LogP) is 4.44. The molecule has 0 bridgehead atoms. The topological polar surface area (TPSA) is 26.0 Å². The van der Waals surface area contributed by atoms with Crippen LogP contribution in [0.5, 0.6) is 0 Å². The van der Waals surface area contributed by atoms with E-state index in [0.717, 1.165) is 47.7 Å². The Morgan fingerprint density at radius 1 is 1.19 bits per heavy atom. The molecule has 1 nitrogen and oxygen atoms in total. The zero-order valence-electron chi connectivity index (χ0n) is 9.68. The van der Waals surface area contributed by atoms with Gasteiger partial charge >= 0.3 is 0 Å². The molecule has 0 aliphatic rings. The van der Waals surface area contributed by atoms with Crippen LogP contribution in [-0.4, -0.2) is 6.04 Å². The molecule has 0 heterocycles. The molecule has 2 N–H and O–H groups in total. The van der Waals surface area contributed by atoms with E-state index in [1.54, 1.807) is 0 Å². The Balaban J connectivity index is 2.43. The Morgan fingerprint density at radius 2 is 1.81 bits per heavy atom. The van der Waals surface area contributed by atoms with Gasteiger partial charge in [0.15, 0.2) is 0 Å². The van der Waals surface area contributed by atoms with Crippen LogP contribution < -0.4 is 5.73 Å². The summed E-state index contributed by atoms with van der Waals surface area (Å²) in [5.41, 5.74) is 7.01. The molecule has 0 aromatic heterocycles. The van der Waals surface area contributed by atoms with Crippen molar-refractivity contribution in [3.05, 3.63) is 33.8 Å². The summed E-state index contributed by atoms with van der Waals surface area (Å²) in [6.07, 6.45) is 5.24. The van der Waals surface area contributed by atoms with Crippen molar-refractivity contribution in [1.29, 1.82) is 0 Å². The molecule has 0 spiro atoms. The van der Waals surface area contributed by atoms with Crippen LogP contribution in [0.1, 0.15) is 38.2 Å². The Bertz CT molecular complexity index is 305. The smallest absolute Gasteiger partial charge is 0.0452 e. The van der Waals surface area contributed by atoms with Gasteiger partial charge in [0.05, 0.1) is 0 Å². The fraction of sp³-hybridized carbons (Fsp3) is 0.538. The van der Waals surface area contributed by atoms with Crippen molar-refractivity contribution in [3.63, 3.8) is 0 Å². The number of halogens is 2.